The van der Waals surface area contributed by atoms with E-state index < -0.39 is 5.97 Å². The molecule has 1 N–H and O–H groups in total. The Balaban J connectivity index is 1.78. The van der Waals surface area contributed by atoms with E-state index in [0.717, 1.165) is 25.7 Å². The fraction of sp³-hybridized carbons (Fsp3) is 0.500. The number of hydrogen-bond donors (Lipinski definition) is 1. The Hall–Kier alpha value is -2.31. The molecule has 0 saturated heterocycles. The lowest BCUT2D eigenvalue weighted by molar-refractivity contribution is -0.139. The number of rotatable bonds is 5. The van der Waals surface area contributed by atoms with Crippen LogP contribution in [0.3, 0.4) is 0 Å². The Morgan fingerprint density at radius 2 is 2.10 bits per heavy atom. The molecule has 1 aliphatic rings. The molecule has 0 spiro atoms. The summed E-state index contributed by atoms with van der Waals surface area (Å²) in [7, 11) is 0. The molecule has 0 amide bonds. The summed E-state index contributed by atoms with van der Waals surface area (Å²) in [5, 5.41) is 24.6. The van der Waals surface area contributed by atoms with Gasteiger partial charge in [0.1, 0.15) is 0 Å². The van der Waals surface area contributed by atoms with E-state index in [1.807, 2.05) is 0 Å². The predicted octanol–water partition coefficient (Wildman–Crippen LogP) is 2.10. The molecule has 21 heavy (non-hydrogen) atoms. The van der Waals surface area contributed by atoms with Crippen molar-refractivity contribution in [2.45, 2.75) is 38.5 Å². The second-order valence-electron chi connectivity index (χ2n) is 5.59. The molecule has 110 valence electrons. The monoisotopic (exact) mass is 288 g/mol. The first kappa shape index (κ1) is 13.7. The topological polar surface area (TPSA) is 102 Å². The van der Waals surface area contributed by atoms with E-state index in [2.05, 4.69) is 20.4 Å². The van der Waals surface area contributed by atoms with Crippen LogP contribution in [-0.2, 0) is 11.2 Å². The van der Waals surface area contributed by atoms with Gasteiger partial charge in [0, 0.05) is 6.42 Å². The lowest BCUT2D eigenvalue weighted by Crippen LogP contribution is -2.23. The zero-order valence-electron chi connectivity index (χ0n) is 11.5. The largest absolute Gasteiger partial charge is 0.481 e. The smallest absolute Gasteiger partial charge is 0.303 e. The third-order valence-electron chi connectivity index (χ3n) is 4.01. The molecular weight excluding hydrogens is 272 g/mol. The molecule has 7 heteroatoms. The maximum Gasteiger partial charge on any atom is 0.303 e. The van der Waals surface area contributed by atoms with Crippen molar-refractivity contribution in [1.29, 1.82) is 0 Å². The second-order valence-corrected chi connectivity index (χ2v) is 5.59. The van der Waals surface area contributed by atoms with E-state index in [9.17, 15) is 4.79 Å². The maximum atomic E-state index is 11.1. The highest BCUT2D eigenvalue weighted by Gasteiger charge is 2.37. The minimum Gasteiger partial charge on any atom is -0.481 e. The Labute approximate surface area is 121 Å². The van der Waals surface area contributed by atoms with Crippen molar-refractivity contribution in [2.24, 2.45) is 5.41 Å². The molecule has 1 saturated carbocycles. The van der Waals surface area contributed by atoms with Gasteiger partial charge in [0.2, 0.25) is 11.8 Å². The van der Waals surface area contributed by atoms with Crippen molar-refractivity contribution >= 4 is 5.97 Å². The van der Waals surface area contributed by atoms with Gasteiger partial charge < -0.3 is 9.52 Å². The highest BCUT2D eigenvalue weighted by Crippen LogP contribution is 2.43. The van der Waals surface area contributed by atoms with Crippen LogP contribution in [0.2, 0.25) is 0 Å². The van der Waals surface area contributed by atoms with Crippen molar-refractivity contribution in [1.82, 2.24) is 20.4 Å². The third-order valence-corrected chi connectivity index (χ3v) is 4.01. The normalized spacial score (nSPS) is 17.0. The van der Waals surface area contributed by atoms with Crippen LogP contribution in [0.25, 0.3) is 11.5 Å². The lowest BCUT2D eigenvalue weighted by Gasteiger charge is -2.24. The van der Waals surface area contributed by atoms with Crippen LogP contribution >= 0.6 is 0 Å². The number of hydrogen-bond acceptors (Lipinski definition) is 6. The van der Waals surface area contributed by atoms with Gasteiger partial charge in [-0.2, -0.15) is 10.2 Å². The van der Waals surface area contributed by atoms with Gasteiger partial charge in [0.15, 0.2) is 0 Å². The number of nitrogens with zero attached hydrogens (tertiary/aromatic N) is 4. The van der Waals surface area contributed by atoms with Crippen molar-refractivity contribution < 1.29 is 14.3 Å². The van der Waals surface area contributed by atoms with Gasteiger partial charge in [0.05, 0.1) is 24.4 Å². The first-order chi connectivity index (χ1) is 10.2. The van der Waals surface area contributed by atoms with E-state index in [1.54, 1.807) is 18.5 Å². The summed E-state index contributed by atoms with van der Waals surface area (Å²) in [6.45, 7) is 0. The molecule has 2 aromatic rings. The number of aliphatic carboxylic acids is 1. The van der Waals surface area contributed by atoms with Crippen molar-refractivity contribution in [3.05, 3.63) is 24.4 Å². The second kappa shape index (κ2) is 5.59. The molecule has 0 atom stereocenters. The van der Waals surface area contributed by atoms with Gasteiger partial charge in [-0.3, -0.25) is 4.79 Å². The molecule has 2 heterocycles. The molecular formula is C14H16N4O3. The molecule has 0 aliphatic heterocycles. The average Bonchev–Trinajstić information content (AvgIpc) is 3.09. The van der Waals surface area contributed by atoms with E-state index in [-0.39, 0.29) is 11.8 Å². The van der Waals surface area contributed by atoms with E-state index >= 15 is 0 Å². The summed E-state index contributed by atoms with van der Waals surface area (Å²) in [6.07, 6.45) is 7.70. The van der Waals surface area contributed by atoms with Gasteiger partial charge in [-0.1, -0.05) is 12.8 Å². The van der Waals surface area contributed by atoms with Crippen LogP contribution < -0.4 is 0 Å². The minimum atomic E-state index is -0.769. The average molecular weight is 288 g/mol. The zero-order valence-corrected chi connectivity index (χ0v) is 11.5. The fourth-order valence-corrected chi connectivity index (χ4v) is 3.04. The Morgan fingerprint density at radius 3 is 2.76 bits per heavy atom. The highest BCUT2D eigenvalue weighted by molar-refractivity contribution is 5.67. The quantitative estimate of drug-likeness (QED) is 0.898. The summed E-state index contributed by atoms with van der Waals surface area (Å²) < 4.78 is 5.66. The number of carboxylic acids is 1. The molecule has 1 aliphatic carbocycles. The van der Waals surface area contributed by atoms with Gasteiger partial charge in [-0.15, -0.1) is 10.2 Å². The lowest BCUT2D eigenvalue weighted by atomic mass is 9.79. The fourth-order valence-electron chi connectivity index (χ4n) is 3.04. The Kier molecular flexibility index (Phi) is 3.64. The third kappa shape index (κ3) is 3.07. The van der Waals surface area contributed by atoms with E-state index in [4.69, 9.17) is 9.52 Å². The summed E-state index contributed by atoms with van der Waals surface area (Å²) in [5.41, 5.74) is 0.467. The Bertz CT molecular complexity index is 620. The number of aromatic nitrogens is 4. The van der Waals surface area contributed by atoms with E-state index in [0.29, 0.717) is 23.8 Å². The first-order valence-electron chi connectivity index (χ1n) is 6.98. The van der Waals surface area contributed by atoms with Gasteiger partial charge in [-0.25, -0.2) is 0 Å². The van der Waals surface area contributed by atoms with Crippen LogP contribution in [0.4, 0.5) is 0 Å². The summed E-state index contributed by atoms with van der Waals surface area (Å²) in [5.74, 6) is 0.114. The SMILES string of the molecule is O=C(O)CC1(Cc2nnc(-c3ccnnc3)o2)CCCC1. The molecule has 7 nitrogen and oxygen atoms in total. The standard InChI is InChI=1S/C14H16N4O3/c19-12(20)8-14(4-1-2-5-14)7-11-17-18-13(21-11)10-3-6-15-16-9-10/h3,6,9H,1-2,4-5,7-8H2,(H,19,20). The van der Waals surface area contributed by atoms with Crippen molar-refractivity contribution in [3.8, 4) is 11.5 Å². The minimum absolute atomic E-state index is 0.154. The molecule has 2 aromatic heterocycles. The predicted molar refractivity (Wildman–Crippen MR) is 72.2 cm³/mol. The van der Waals surface area contributed by atoms with Crippen molar-refractivity contribution in [2.75, 3.05) is 0 Å². The summed E-state index contributed by atoms with van der Waals surface area (Å²) in [4.78, 5) is 11.1. The molecule has 0 unspecified atom stereocenters. The van der Waals surface area contributed by atoms with Crippen LogP contribution in [0.1, 0.15) is 38.0 Å². The van der Waals surface area contributed by atoms with Crippen molar-refractivity contribution in [3.63, 3.8) is 0 Å². The molecule has 1 fully saturated rings. The van der Waals surface area contributed by atoms with Crippen LogP contribution in [0.5, 0.6) is 0 Å². The zero-order chi connectivity index (χ0) is 14.7. The first-order valence-corrected chi connectivity index (χ1v) is 6.98. The van der Waals surface area contributed by atoms with Crippen LogP contribution in [0.15, 0.2) is 22.9 Å². The van der Waals surface area contributed by atoms with Gasteiger partial charge >= 0.3 is 5.97 Å². The number of carbonyl (C=O) groups is 1. The summed E-state index contributed by atoms with van der Waals surface area (Å²) >= 11 is 0. The number of carboxylic acid groups (broad SMARTS) is 1. The maximum absolute atomic E-state index is 11.1. The summed E-state index contributed by atoms with van der Waals surface area (Å²) in [6, 6.07) is 1.74. The molecule has 3 rings (SSSR count). The molecule has 0 aromatic carbocycles. The molecule has 0 bridgehead atoms. The van der Waals surface area contributed by atoms with Gasteiger partial charge in [-0.05, 0) is 24.3 Å². The molecule has 0 radical (unpaired) electrons. The van der Waals surface area contributed by atoms with Gasteiger partial charge in [0.25, 0.3) is 0 Å². The van der Waals surface area contributed by atoms with E-state index in [1.165, 1.54) is 0 Å². The van der Waals surface area contributed by atoms with Crippen LogP contribution in [-0.4, -0.2) is 31.5 Å². The Morgan fingerprint density at radius 1 is 1.29 bits per heavy atom. The van der Waals surface area contributed by atoms with Crippen LogP contribution in [0, 0.1) is 5.41 Å². The highest BCUT2D eigenvalue weighted by atomic mass is 16.4.